The second-order valence-corrected chi connectivity index (χ2v) is 6.58. The molecular weight excluding hydrogens is 258 g/mol. The molecule has 0 aromatic heterocycles. The zero-order valence-corrected chi connectivity index (χ0v) is 12.0. The molecule has 3 atom stereocenters. The van der Waals surface area contributed by atoms with E-state index in [1.165, 1.54) is 25.7 Å². The van der Waals surface area contributed by atoms with Crippen molar-refractivity contribution in [3.63, 3.8) is 0 Å². The lowest BCUT2D eigenvalue weighted by Crippen LogP contribution is -2.20. The Bertz CT molecular complexity index is 500. The Labute approximate surface area is 119 Å². The van der Waals surface area contributed by atoms with E-state index in [0.717, 1.165) is 23.1 Å². The molecule has 1 N–H and O–H groups in total. The molecule has 2 nitrogen and oxygen atoms in total. The molecule has 2 fully saturated rings. The molecule has 3 rings (SSSR count). The Morgan fingerprint density at radius 3 is 2.89 bits per heavy atom. The van der Waals surface area contributed by atoms with Gasteiger partial charge in [0, 0.05) is 17.1 Å². The van der Waals surface area contributed by atoms with E-state index in [1.54, 1.807) is 0 Å². The fraction of sp³-hybridized carbons (Fsp3) is 0.562. The second-order valence-electron chi connectivity index (χ2n) is 6.15. The maximum Gasteiger partial charge on any atom is 0.224 e. The third-order valence-corrected chi connectivity index (χ3v) is 5.04. The summed E-state index contributed by atoms with van der Waals surface area (Å²) in [5.74, 6) is 2.45. The number of fused-ring (bicyclic) bond motifs is 2. The van der Waals surface area contributed by atoms with Crippen LogP contribution in [0.25, 0.3) is 0 Å². The normalized spacial score (nSPS) is 28.6. The van der Waals surface area contributed by atoms with Gasteiger partial charge in [-0.15, -0.1) is 0 Å². The fourth-order valence-electron chi connectivity index (χ4n) is 3.79. The van der Waals surface area contributed by atoms with Gasteiger partial charge in [-0.2, -0.15) is 0 Å². The molecule has 0 saturated heterocycles. The van der Waals surface area contributed by atoms with Gasteiger partial charge >= 0.3 is 0 Å². The zero-order valence-electron chi connectivity index (χ0n) is 11.3. The van der Waals surface area contributed by atoms with Crippen molar-refractivity contribution in [1.29, 1.82) is 0 Å². The van der Waals surface area contributed by atoms with Crippen molar-refractivity contribution in [2.45, 2.75) is 39.0 Å². The molecule has 3 heteroatoms. The Morgan fingerprint density at radius 1 is 1.37 bits per heavy atom. The Kier molecular flexibility index (Phi) is 3.53. The van der Waals surface area contributed by atoms with E-state index in [2.05, 4.69) is 5.32 Å². The van der Waals surface area contributed by atoms with Gasteiger partial charge in [0.2, 0.25) is 5.91 Å². The number of carbonyl (C=O) groups is 1. The maximum atomic E-state index is 12.2. The lowest BCUT2D eigenvalue weighted by atomic mass is 9.86. The first-order valence-electron chi connectivity index (χ1n) is 7.18. The van der Waals surface area contributed by atoms with Crippen molar-refractivity contribution >= 4 is 23.2 Å². The summed E-state index contributed by atoms with van der Waals surface area (Å²) in [4.78, 5) is 12.2. The summed E-state index contributed by atoms with van der Waals surface area (Å²) >= 11 is 5.97. The third kappa shape index (κ3) is 2.79. The van der Waals surface area contributed by atoms with Gasteiger partial charge in [0.1, 0.15) is 0 Å². The van der Waals surface area contributed by atoms with E-state index in [1.807, 2.05) is 25.1 Å². The predicted octanol–water partition coefficient (Wildman–Crippen LogP) is 4.41. The number of anilines is 1. The molecule has 2 saturated carbocycles. The van der Waals surface area contributed by atoms with Crippen LogP contribution in [0.5, 0.6) is 0 Å². The quantitative estimate of drug-likeness (QED) is 0.871. The maximum absolute atomic E-state index is 12.2. The van der Waals surface area contributed by atoms with Gasteiger partial charge in [-0.05, 0) is 61.6 Å². The standard InChI is InChI=1S/C16H20ClNO/c1-10-2-5-14(17)9-15(10)18-16(19)8-13-7-11-3-4-12(13)6-11/h2,5,9,11-13H,3-4,6-8H2,1H3,(H,18,19)/t11-,12+,13+/m0/s1. The number of amides is 1. The van der Waals surface area contributed by atoms with Crippen molar-refractivity contribution in [1.82, 2.24) is 0 Å². The van der Waals surface area contributed by atoms with Gasteiger partial charge in [-0.3, -0.25) is 4.79 Å². The Balaban J connectivity index is 1.61. The first-order chi connectivity index (χ1) is 9.11. The molecule has 2 aliphatic carbocycles. The first-order valence-corrected chi connectivity index (χ1v) is 7.55. The smallest absolute Gasteiger partial charge is 0.224 e. The molecule has 0 spiro atoms. The molecule has 0 aliphatic heterocycles. The van der Waals surface area contributed by atoms with Crippen molar-refractivity contribution in [3.8, 4) is 0 Å². The minimum atomic E-state index is 0.142. The molecule has 0 heterocycles. The van der Waals surface area contributed by atoms with Crippen LogP contribution in [0.2, 0.25) is 5.02 Å². The van der Waals surface area contributed by atoms with E-state index in [4.69, 9.17) is 11.6 Å². The molecule has 2 bridgehead atoms. The van der Waals surface area contributed by atoms with Crippen molar-refractivity contribution in [3.05, 3.63) is 28.8 Å². The SMILES string of the molecule is Cc1ccc(Cl)cc1NC(=O)C[C@H]1C[C@H]2CC[C@@H]1C2. The molecule has 0 radical (unpaired) electrons. The molecule has 1 amide bonds. The topological polar surface area (TPSA) is 29.1 Å². The number of benzene rings is 1. The summed E-state index contributed by atoms with van der Waals surface area (Å²) in [6.07, 6.45) is 6.00. The molecule has 1 aromatic carbocycles. The second kappa shape index (κ2) is 5.16. The van der Waals surface area contributed by atoms with Gasteiger partial charge in [0.15, 0.2) is 0 Å². The van der Waals surface area contributed by atoms with Gasteiger partial charge in [-0.1, -0.05) is 24.1 Å². The van der Waals surface area contributed by atoms with Crippen LogP contribution in [0.15, 0.2) is 18.2 Å². The summed E-state index contributed by atoms with van der Waals surface area (Å²) in [6, 6.07) is 5.62. The van der Waals surface area contributed by atoms with E-state index in [0.29, 0.717) is 17.4 Å². The van der Waals surface area contributed by atoms with E-state index in [9.17, 15) is 4.79 Å². The number of hydrogen-bond acceptors (Lipinski definition) is 1. The summed E-state index contributed by atoms with van der Waals surface area (Å²) in [5.41, 5.74) is 1.91. The minimum absolute atomic E-state index is 0.142. The lowest BCUT2D eigenvalue weighted by molar-refractivity contribution is -0.117. The Hall–Kier alpha value is -1.02. The number of carbonyl (C=O) groups excluding carboxylic acids is 1. The highest BCUT2D eigenvalue weighted by Crippen LogP contribution is 2.49. The van der Waals surface area contributed by atoms with Crippen LogP contribution < -0.4 is 5.32 Å². The van der Waals surface area contributed by atoms with Crippen molar-refractivity contribution in [2.24, 2.45) is 17.8 Å². The average Bonchev–Trinajstić information content (AvgIpc) is 2.96. The summed E-state index contributed by atoms with van der Waals surface area (Å²) in [6.45, 7) is 1.99. The molecule has 0 unspecified atom stereocenters. The highest BCUT2D eigenvalue weighted by atomic mass is 35.5. The van der Waals surface area contributed by atoms with Gasteiger partial charge in [0.05, 0.1) is 0 Å². The van der Waals surface area contributed by atoms with Crippen LogP contribution >= 0.6 is 11.6 Å². The molecular formula is C16H20ClNO. The highest BCUT2D eigenvalue weighted by molar-refractivity contribution is 6.31. The van der Waals surface area contributed by atoms with Crippen LogP contribution in [0.3, 0.4) is 0 Å². The van der Waals surface area contributed by atoms with Crippen LogP contribution in [0.4, 0.5) is 5.69 Å². The molecule has 102 valence electrons. The largest absolute Gasteiger partial charge is 0.326 e. The van der Waals surface area contributed by atoms with Crippen molar-refractivity contribution in [2.75, 3.05) is 5.32 Å². The fourth-order valence-corrected chi connectivity index (χ4v) is 3.97. The Morgan fingerprint density at radius 2 is 2.21 bits per heavy atom. The predicted molar refractivity (Wildman–Crippen MR) is 78.4 cm³/mol. The van der Waals surface area contributed by atoms with Crippen molar-refractivity contribution < 1.29 is 4.79 Å². The van der Waals surface area contributed by atoms with Crippen LogP contribution in [-0.2, 0) is 4.79 Å². The van der Waals surface area contributed by atoms with Crippen LogP contribution in [0.1, 0.15) is 37.7 Å². The average molecular weight is 278 g/mol. The van der Waals surface area contributed by atoms with Crippen LogP contribution in [-0.4, -0.2) is 5.91 Å². The van der Waals surface area contributed by atoms with Gasteiger partial charge in [0.25, 0.3) is 0 Å². The highest BCUT2D eigenvalue weighted by Gasteiger charge is 2.40. The first kappa shape index (κ1) is 13.0. The molecule has 19 heavy (non-hydrogen) atoms. The molecule has 2 aliphatic rings. The van der Waals surface area contributed by atoms with Gasteiger partial charge in [-0.25, -0.2) is 0 Å². The third-order valence-electron chi connectivity index (χ3n) is 4.81. The number of aryl methyl sites for hydroxylation is 1. The summed E-state index contributed by atoms with van der Waals surface area (Å²) in [5, 5.41) is 3.68. The lowest BCUT2D eigenvalue weighted by Gasteiger charge is -2.21. The summed E-state index contributed by atoms with van der Waals surface area (Å²) in [7, 11) is 0. The number of hydrogen-bond donors (Lipinski definition) is 1. The van der Waals surface area contributed by atoms with E-state index in [-0.39, 0.29) is 5.91 Å². The van der Waals surface area contributed by atoms with Gasteiger partial charge < -0.3 is 5.32 Å². The molecule has 1 aromatic rings. The number of nitrogens with one attached hydrogen (secondary N) is 1. The number of rotatable bonds is 3. The van der Waals surface area contributed by atoms with E-state index >= 15 is 0 Å². The number of halogens is 1. The van der Waals surface area contributed by atoms with E-state index < -0.39 is 0 Å². The minimum Gasteiger partial charge on any atom is -0.326 e. The zero-order chi connectivity index (χ0) is 13.4. The van der Waals surface area contributed by atoms with Crippen LogP contribution in [0, 0.1) is 24.7 Å². The monoisotopic (exact) mass is 277 g/mol. The summed E-state index contributed by atoms with van der Waals surface area (Å²) < 4.78 is 0.